The molecule has 0 radical (unpaired) electrons. The Kier molecular flexibility index (Phi) is 4.08. The summed E-state index contributed by atoms with van der Waals surface area (Å²) in [6.07, 6.45) is 0. The van der Waals surface area contributed by atoms with Crippen LogP contribution in [0.1, 0.15) is 36.4 Å². The maximum absolute atomic E-state index is 12.2. The average molecular weight is 348 g/mol. The summed E-state index contributed by atoms with van der Waals surface area (Å²) < 4.78 is 5.29. The highest BCUT2D eigenvalue weighted by Crippen LogP contribution is 2.26. The number of esters is 1. The molecule has 5 nitrogen and oxygen atoms in total. The maximum atomic E-state index is 12.2. The van der Waals surface area contributed by atoms with Crippen LogP contribution >= 0.6 is 22.7 Å². The molecule has 0 spiro atoms. The minimum Gasteiger partial charge on any atom is -0.454 e. The van der Waals surface area contributed by atoms with Crippen molar-refractivity contribution in [2.45, 2.75) is 34.3 Å². The van der Waals surface area contributed by atoms with Gasteiger partial charge < -0.3 is 9.72 Å². The smallest absolute Gasteiger partial charge is 0.339 e. The SMILES string of the molecule is Cc1cc(C(=O)OCc2nc3sc(C)c(C)c3c(=O)[nH]2)c(C)s1. The van der Waals surface area contributed by atoms with Crippen molar-refractivity contribution in [2.75, 3.05) is 0 Å². The lowest BCUT2D eigenvalue weighted by Crippen LogP contribution is -2.14. The quantitative estimate of drug-likeness (QED) is 0.734. The number of nitrogens with one attached hydrogen (secondary N) is 1. The number of rotatable bonds is 3. The molecule has 0 amide bonds. The molecule has 0 unspecified atom stereocenters. The van der Waals surface area contributed by atoms with E-state index in [-0.39, 0.29) is 12.2 Å². The number of H-pyrrole nitrogens is 1. The van der Waals surface area contributed by atoms with Gasteiger partial charge in [-0.05, 0) is 39.3 Å². The van der Waals surface area contributed by atoms with E-state index in [0.717, 1.165) is 20.2 Å². The van der Waals surface area contributed by atoms with E-state index in [1.54, 1.807) is 11.3 Å². The van der Waals surface area contributed by atoms with E-state index in [0.29, 0.717) is 21.6 Å². The molecule has 3 aromatic rings. The second-order valence-corrected chi connectivity index (χ2v) is 8.04. The third kappa shape index (κ3) is 2.94. The first kappa shape index (κ1) is 15.9. The van der Waals surface area contributed by atoms with Gasteiger partial charge >= 0.3 is 5.97 Å². The molecule has 0 saturated carbocycles. The first-order chi connectivity index (χ1) is 10.9. The Morgan fingerprint density at radius 1 is 1.22 bits per heavy atom. The lowest BCUT2D eigenvalue weighted by molar-refractivity contribution is 0.0462. The number of aryl methyl sites for hydroxylation is 4. The highest BCUT2D eigenvalue weighted by molar-refractivity contribution is 7.18. The summed E-state index contributed by atoms with van der Waals surface area (Å²) in [7, 11) is 0. The zero-order valence-electron chi connectivity index (χ0n) is 13.3. The summed E-state index contributed by atoms with van der Waals surface area (Å²) in [5.74, 6) is -0.0326. The third-order valence-electron chi connectivity index (χ3n) is 3.69. The van der Waals surface area contributed by atoms with Crippen molar-refractivity contribution in [1.29, 1.82) is 0 Å². The van der Waals surface area contributed by atoms with Crippen molar-refractivity contribution in [2.24, 2.45) is 0 Å². The summed E-state index contributed by atoms with van der Waals surface area (Å²) in [6, 6.07) is 1.81. The van der Waals surface area contributed by atoms with E-state index < -0.39 is 5.97 Å². The van der Waals surface area contributed by atoms with Crippen LogP contribution in [0.5, 0.6) is 0 Å². The molecule has 0 aliphatic rings. The van der Waals surface area contributed by atoms with Crippen molar-refractivity contribution >= 4 is 38.9 Å². The molecule has 23 heavy (non-hydrogen) atoms. The van der Waals surface area contributed by atoms with E-state index in [2.05, 4.69) is 9.97 Å². The van der Waals surface area contributed by atoms with Crippen LogP contribution in [0.2, 0.25) is 0 Å². The van der Waals surface area contributed by atoms with Crippen LogP contribution in [0.25, 0.3) is 10.2 Å². The molecule has 0 aliphatic carbocycles. The van der Waals surface area contributed by atoms with Gasteiger partial charge in [0.1, 0.15) is 17.3 Å². The van der Waals surface area contributed by atoms with Crippen LogP contribution in [0.3, 0.4) is 0 Å². The fourth-order valence-corrected chi connectivity index (χ4v) is 4.37. The predicted octanol–water partition coefficient (Wildman–Crippen LogP) is 3.64. The van der Waals surface area contributed by atoms with Gasteiger partial charge in [-0.3, -0.25) is 4.79 Å². The number of carbonyl (C=O) groups is 1. The maximum Gasteiger partial charge on any atom is 0.339 e. The van der Waals surface area contributed by atoms with E-state index >= 15 is 0 Å². The van der Waals surface area contributed by atoms with Gasteiger partial charge in [0.2, 0.25) is 0 Å². The summed E-state index contributed by atoms with van der Waals surface area (Å²) in [4.78, 5) is 35.1. The van der Waals surface area contributed by atoms with Crippen LogP contribution in [0.15, 0.2) is 10.9 Å². The number of hydrogen-bond donors (Lipinski definition) is 1. The van der Waals surface area contributed by atoms with E-state index in [4.69, 9.17) is 4.74 Å². The zero-order valence-corrected chi connectivity index (χ0v) is 14.9. The molecule has 3 rings (SSSR count). The minimum absolute atomic E-state index is 0.0473. The number of hydrogen-bond acceptors (Lipinski definition) is 6. The summed E-state index contributed by atoms with van der Waals surface area (Å²) in [5.41, 5.74) is 1.33. The second-order valence-electron chi connectivity index (χ2n) is 5.38. The number of ether oxygens (including phenoxy) is 1. The highest BCUT2D eigenvalue weighted by Gasteiger charge is 2.16. The van der Waals surface area contributed by atoms with Gasteiger partial charge in [-0.25, -0.2) is 9.78 Å². The Morgan fingerprint density at radius 2 is 1.96 bits per heavy atom. The monoisotopic (exact) mass is 348 g/mol. The van der Waals surface area contributed by atoms with Gasteiger partial charge in [-0.15, -0.1) is 22.7 Å². The molecule has 7 heteroatoms. The second kappa shape index (κ2) is 5.90. The first-order valence-electron chi connectivity index (χ1n) is 7.10. The number of aromatic nitrogens is 2. The van der Waals surface area contributed by atoms with Gasteiger partial charge in [0, 0.05) is 14.6 Å². The van der Waals surface area contributed by atoms with Crippen molar-refractivity contribution in [3.63, 3.8) is 0 Å². The van der Waals surface area contributed by atoms with E-state index in [9.17, 15) is 9.59 Å². The van der Waals surface area contributed by atoms with Crippen molar-refractivity contribution in [3.8, 4) is 0 Å². The molecule has 120 valence electrons. The molecule has 1 N–H and O–H groups in total. The minimum atomic E-state index is -0.395. The number of thiophene rings is 2. The van der Waals surface area contributed by atoms with Crippen LogP contribution in [0.4, 0.5) is 0 Å². The van der Waals surface area contributed by atoms with Gasteiger partial charge in [-0.2, -0.15) is 0 Å². The van der Waals surface area contributed by atoms with E-state index in [1.807, 2.05) is 33.8 Å². The molecule has 0 atom stereocenters. The molecule has 3 aromatic heterocycles. The van der Waals surface area contributed by atoms with Gasteiger partial charge in [0.25, 0.3) is 5.56 Å². The normalized spacial score (nSPS) is 11.1. The van der Waals surface area contributed by atoms with Gasteiger partial charge in [0.05, 0.1) is 10.9 Å². The topological polar surface area (TPSA) is 72.0 Å². The summed E-state index contributed by atoms with van der Waals surface area (Å²) in [6.45, 7) is 7.66. The Labute approximate surface area is 141 Å². The number of carbonyl (C=O) groups excluding carboxylic acids is 1. The largest absolute Gasteiger partial charge is 0.454 e. The third-order valence-corrected chi connectivity index (χ3v) is 5.76. The Bertz CT molecular complexity index is 966. The lowest BCUT2D eigenvalue weighted by atomic mass is 10.2. The van der Waals surface area contributed by atoms with Crippen molar-refractivity contribution < 1.29 is 9.53 Å². The standard InChI is InChI=1S/C16H16N2O3S2/c1-7-5-11(10(4)22-7)16(20)21-6-12-17-14(19)13-8(2)9(3)23-15(13)18-12/h5H,6H2,1-4H3,(H,17,18,19). The van der Waals surface area contributed by atoms with Crippen LogP contribution in [0, 0.1) is 27.7 Å². The fraction of sp³-hybridized carbons (Fsp3) is 0.312. The van der Waals surface area contributed by atoms with Gasteiger partial charge in [-0.1, -0.05) is 0 Å². The Balaban J connectivity index is 1.83. The number of fused-ring (bicyclic) bond motifs is 1. The molecule has 3 heterocycles. The van der Waals surface area contributed by atoms with Crippen LogP contribution in [-0.4, -0.2) is 15.9 Å². The fourth-order valence-electron chi connectivity index (χ4n) is 2.41. The Morgan fingerprint density at radius 3 is 2.61 bits per heavy atom. The first-order valence-corrected chi connectivity index (χ1v) is 8.73. The molecule has 0 fully saturated rings. The predicted molar refractivity (Wildman–Crippen MR) is 92.6 cm³/mol. The highest BCUT2D eigenvalue weighted by atomic mass is 32.1. The summed E-state index contributed by atoms with van der Waals surface area (Å²) >= 11 is 3.03. The van der Waals surface area contributed by atoms with Crippen LogP contribution < -0.4 is 5.56 Å². The Hall–Kier alpha value is -1.99. The zero-order chi connectivity index (χ0) is 16.7. The lowest BCUT2D eigenvalue weighted by Gasteiger charge is -2.04. The average Bonchev–Trinajstić information content (AvgIpc) is 2.96. The molecule has 0 aliphatic heterocycles. The molecule has 0 bridgehead atoms. The van der Waals surface area contributed by atoms with Gasteiger partial charge in [0.15, 0.2) is 0 Å². The van der Waals surface area contributed by atoms with E-state index in [1.165, 1.54) is 11.3 Å². The van der Waals surface area contributed by atoms with Crippen LogP contribution in [-0.2, 0) is 11.3 Å². The number of nitrogens with zero attached hydrogens (tertiary/aromatic N) is 1. The molecule has 0 aromatic carbocycles. The molecular formula is C16H16N2O3S2. The molecule has 0 saturated heterocycles. The molecular weight excluding hydrogens is 332 g/mol. The van der Waals surface area contributed by atoms with Crippen molar-refractivity contribution in [1.82, 2.24) is 9.97 Å². The summed E-state index contributed by atoms with van der Waals surface area (Å²) in [5, 5.41) is 0.617. The van der Waals surface area contributed by atoms with Crippen molar-refractivity contribution in [3.05, 3.63) is 48.0 Å². The number of aromatic amines is 1.